The molecule has 1 fully saturated rings. The average molecular weight is 349 g/mol. The van der Waals surface area contributed by atoms with Crippen LogP contribution in [0.25, 0.3) is 0 Å². The zero-order valence-electron chi connectivity index (χ0n) is 14.4. The smallest absolute Gasteiger partial charge is 0.410 e. The summed E-state index contributed by atoms with van der Waals surface area (Å²) in [7, 11) is 0. The fraction of sp³-hybridized carbons (Fsp3) is 0.529. The van der Waals surface area contributed by atoms with Crippen LogP contribution >= 0.6 is 0 Å². The molecule has 0 aliphatic carbocycles. The number of aliphatic carboxylic acids is 1. The molecule has 0 spiro atoms. The zero-order chi connectivity index (χ0) is 18.8. The average Bonchev–Trinajstić information content (AvgIpc) is 2.90. The maximum absolute atomic E-state index is 12.2. The first-order chi connectivity index (χ1) is 11.6. The lowest BCUT2D eigenvalue weighted by Gasteiger charge is -2.28. The van der Waals surface area contributed by atoms with Gasteiger partial charge in [0.1, 0.15) is 5.60 Å². The Morgan fingerprint density at radius 3 is 2.36 bits per heavy atom. The quantitative estimate of drug-likeness (QED) is 0.601. The fourth-order valence-electron chi connectivity index (χ4n) is 2.90. The lowest BCUT2D eigenvalue weighted by Crippen LogP contribution is -2.48. The van der Waals surface area contributed by atoms with E-state index in [-0.39, 0.29) is 24.6 Å². The number of hydrogen-bond donors (Lipinski definition) is 0. The van der Waals surface area contributed by atoms with Gasteiger partial charge in [-0.15, -0.1) is 0 Å². The standard InChI is InChI=1S/C17H22N2O6/c1-17(2,3)25-16(22)18-10-12(9-14(18)15(20)21)8-11-4-6-13(7-5-11)19(23)24/h4-7,12,14H,8-10H2,1-3H3,(H,20,21)/p-1/t12-,14+/m1/s1. The largest absolute Gasteiger partial charge is 0.548 e. The van der Waals surface area contributed by atoms with Gasteiger partial charge in [-0.3, -0.25) is 15.0 Å². The molecule has 0 saturated carbocycles. The second-order valence-electron chi connectivity index (χ2n) is 7.20. The maximum Gasteiger partial charge on any atom is 0.410 e. The number of likely N-dealkylation sites (tertiary alicyclic amines) is 1. The van der Waals surface area contributed by atoms with Crippen LogP contribution < -0.4 is 5.11 Å². The molecule has 2 rings (SSSR count). The van der Waals surface area contributed by atoms with Crippen LogP contribution in [0.5, 0.6) is 0 Å². The van der Waals surface area contributed by atoms with Crippen molar-refractivity contribution in [2.45, 2.75) is 45.3 Å². The molecular weight excluding hydrogens is 328 g/mol. The molecule has 0 bridgehead atoms. The van der Waals surface area contributed by atoms with Crippen molar-refractivity contribution in [1.29, 1.82) is 0 Å². The van der Waals surface area contributed by atoms with Crippen molar-refractivity contribution in [1.82, 2.24) is 4.90 Å². The topological polar surface area (TPSA) is 113 Å². The van der Waals surface area contributed by atoms with Crippen LogP contribution in [0, 0.1) is 16.0 Å². The lowest BCUT2D eigenvalue weighted by atomic mass is 9.96. The third-order valence-corrected chi connectivity index (χ3v) is 3.96. The van der Waals surface area contributed by atoms with Crippen molar-refractivity contribution in [3.8, 4) is 0 Å². The van der Waals surface area contributed by atoms with E-state index < -0.39 is 28.6 Å². The number of benzene rings is 1. The molecule has 0 N–H and O–H groups in total. The van der Waals surface area contributed by atoms with Crippen molar-refractivity contribution in [2.75, 3.05) is 6.54 Å². The SMILES string of the molecule is CC(C)(C)OC(=O)N1C[C@H](Cc2ccc([N+](=O)[O-])cc2)C[C@H]1C(=O)[O-]. The number of ether oxygens (including phenoxy) is 1. The summed E-state index contributed by atoms with van der Waals surface area (Å²) in [4.78, 5) is 35.0. The van der Waals surface area contributed by atoms with E-state index in [0.29, 0.717) is 6.42 Å². The molecule has 1 aromatic carbocycles. The number of nitrogens with zero attached hydrogens (tertiary/aromatic N) is 2. The number of amides is 1. The highest BCUT2D eigenvalue weighted by Crippen LogP contribution is 2.28. The van der Waals surface area contributed by atoms with E-state index in [9.17, 15) is 24.8 Å². The summed E-state index contributed by atoms with van der Waals surface area (Å²) in [5.41, 5.74) is 0.126. The Morgan fingerprint density at radius 2 is 1.88 bits per heavy atom. The van der Waals surface area contributed by atoms with Crippen molar-refractivity contribution in [3.05, 3.63) is 39.9 Å². The predicted molar refractivity (Wildman–Crippen MR) is 86.6 cm³/mol. The molecular formula is C17H21N2O6-. The first-order valence-electron chi connectivity index (χ1n) is 8.00. The van der Waals surface area contributed by atoms with Gasteiger partial charge in [-0.2, -0.15) is 0 Å². The molecule has 0 unspecified atom stereocenters. The normalized spacial score (nSPS) is 20.4. The van der Waals surface area contributed by atoms with Gasteiger partial charge in [-0.25, -0.2) is 4.79 Å². The molecule has 8 nitrogen and oxygen atoms in total. The first-order valence-corrected chi connectivity index (χ1v) is 8.00. The van der Waals surface area contributed by atoms with Gasteiger partial charge in [0.05, 0.1) is 16.9 Å². The van der Waals surface area contributed by atoms with Crippen LogP contribution in [0.2, 0.25) is 0 Å². The fourth-order valence-corrected chi connectivity index (χ4v) is 2.90. The predicted octanol–water partition coefficient (Wildman–Crippen LogP) is 1.51. The molecule has 1 saturated heterocycles. The number of rotatable bonds is 4. The Labute approximate surface area is 145 Å². The lowest BCUT2D eigenvalue weighted by molar-refractivity contribution is -0.384. The molecule has 1 aliphatic heterocycles. The van der Waals surface area contributed by atoms with Gasteiger partial charge in [0.25, 0.3) is 5.69 Å². The summed E-state index contributed by atoms with van der Waals surface area (Å²) >= 11 is 0. The van der Waals surface area contributed by atoms with Gasteiger partial charge in [0, 0.05) is 18.7 Å². The van der Waals surface area contributed by atoms with Crippen LogP contribution in [0.1, 0.15) is 32.8 Å². The van der Waals surface area contributed by atoms with Crippen molar-refractivity contribution >= 4 is 17.7 Å². The summed E-state index contributed by atoms with van der Waals surface area (Å²) in [5, 5.41) is 22.0. The third-order valence-electron chi connectivity index (χ3n) is 3.96. The number of nitro groups is 1. The highest BCUT2D eigenvalue weighted by Gasteiger charge is 2.38. The Kier molecular flexibility index (Phi) is 5.30. The molecule has 8 heteroatoms. The van der Waals surface area contributed by atoms with E-state index in [0.717, 1.165) is 5.56 Å². The van der Waals surface area contributed by atoms with E-state index in [2.05, 4.69) is 0 Å². The highest BCUT2D eigenvalue weighted by molar-refractivity contribution is 5.79. The molecule has 136 valence electrons. The summed E-state index contributed by atoms with van der Waals surface area (Å²) in [5.74, 6) is -1.39. The monoisotopic (exact) mass is 349 g/mol. The van der Waals surface area contributed by atoms with Gasteiger partial charge in [-0.1, -0.05) is 12.1 Å². The number of nitro benzene ring substituents is 1. The van der Waals surface area contributed by atoms with Crippen LogP contribution in [-0.2, 0) is 16.0 Å². The molecule has 1 amide bonds. The van der Waals surface area contributed by atoms with Crippen molar-refractivity contribution < 1.29 is 24.4 Å². The zero-order valence-corrected chi connectivity index (χ0v) is 14.4. The van der Waals surface area contributed by atoms with Crippen LogP contribution in [0.4, 0.5) is 10.5 Å². The number of hydrogen-bond acceptors (Lipinski definition) is 6. The minimum atomic E-state index is -1.31. The second-order valence-corrected chi connectivity index (χ2v) is 7.20. The van der Waals surface area contributed by atoms with Crippen molar-refractivity contribution in [2.24, 2.45) is 5.92 Å². The number of non-ortho nitro benzene ring substituents is 1. The number of carbonyl (C=O) groups is 2. The third kappa shape index (κ3) is 4.91. The Balaban J connectivity index is 2.07. The Hall–Kier alpha value is -2.64. The number of carboxylic acid groups (broad SMARTS) is 1. The summed E-state index contributed by atoms with van der Waals surface area (Å²) in [6.07, 6.45) is 0.104. The Morgan fingerprint density at radius 1 is 1.28 bits per heavy atom. The van der Waals surface area contributed by atoms with E-state index in [1.165, 1.54) is 17.0 Å². The van der Waals surface area contributed by atoms with E-state index in [1.54, 1.807) is 32.9 Å². The van der Waals surface area contributed by atoms with Crippen molar-refractivity contribution in [3.63, 3.8) is 0 Å². The molecule has 1 heterocycles. The Bertz CT molecular complexity index is 665. The van der Waals surface area contributed by atoms with E-state index >= 15 is 0 Å². The molecule has 1 aliphatic rings. The van der Waals surface area contributed by atoms with Crippen LogP contribution in [0.15, 0.2) is 24.3 Å². The van der Waals surface area contributed by atoms with Gasteiger partial charge in [0.15, 0.2) is 0 Å². The van der Waals surface area contributed by atoms with Crippen LogP contribution in [0.3, 0.4) is 0 Å². The van der Waals surface area contributed by atoms with Gasteiger partial charge >= 0.3 is 6.09 Å². The maximum atomic E-state index is 12.2. The second kappa shape index (κ2) is 7.08. The molecule has 0 aromatic heterocycles. The summed E-state index contributed by atoms with van der Waals surface area (Å²) < 4.78 is 5.26. The summed E-state index contributed by atoms with van der Waals surface area (Å²) in [6, 6.07) is 5.07. The van der Waals surface area contributed by atoms with Gasteiger partial charge < -0.3 is 14.6 Å². The van der Waals surface area contributed by atoms with E-state index in [1.807, 2.05) is 0 Å². The number of carboxylic acids is 1. The minimum absolute atomic E-state index is 0.00170. The number of carbonyl (C=O) groups excluding carboxylic acids is 2. The summed E-state index contributed by atoms with van der Waals surface area (Å²) in [6.45, 7) is 5.38. The highest BCUT2D eigenvalue weighted by atomic mass is 16.6. The molecule has 25 heavy (non-hydrogen) atoms. The van der Waals surface area contributed by atoms with E-state index in [4.69, 9.17) is 4.74 Å². The van der Waals surface area contributed by atoms with Gasteiger partial charge in [0.2, 0.25) is 0 Å². The first kappa shape index (κ1) is 18.7. The molecule has 2 atom stereocenters. The molecule has 1 aromatic rings. The van der Waals surface area contributed by atoms with Gasteiger partial charge in [-0.05, 0) is 45.1 Å². The molecule has 0 radical (unpaired) electrons. The van der Waals surface area contributed by atoms with Crippen LogP contribution in [-0.4, -0.2) is 40.1 Å². The minimum Gasteiger partial charge on any atom is -0.548 e.